The third-order valence-electron chi connectivity index (χ3n) is 2.56. The number of thiophene rings is 1. The largest absolute Gasteiger partial charge is 0.374 e. The lowest BCUT2D eigenvalue weighted by Gasteiger charge is -2.16. The molecule has 1 aromatic carbocycles. The highest BCUT2D eigenvalue weighted by molar-refractivity contribution is 9.10. The summed E-state index contributed by atoms with van der Waals surface area (Å²) in [6, 6.07) is 6.12. The number of aryl methyl sites for hydroxylation is 1. The molecule has 1 nitrogen and oxygen atoms in total. The Morgan fingerprint density at radius 3 is 2.56 bits per heavy atom. The molecule has 0 saturated heterocycles. The smallest absolute Gasteiger partial charge is 0.150 e. The van der Waals surface area contributed by atoms with Gasteiger partial charge >= 0.3 is 0 Å². The van der Waals surface area contributed by atoms with Crippen molar-refractivity contribution >= 4 is 33.0 Å². The monoisotopic (exact) mass is 331 g/mol. The van der Waals surface area contributed by atoms with Crippen molar-refractivity contribution in [2.45, 2.75) is 19.9 Å². The van der Waals surface area contributed by atoms with E-state index in [4.69, 9.17) is 0 Å². The van der Waals surface area contributed by atoms with Crippen molar-refractivity contribution in [2.75, 3.05) is 5.32 Å². The lowest BCUT2D eigenvalue weighted by molar-refractivity contribution is 0.582. The first-order valence-corrected chi connectivity index (χ1v) is 7.05. The second kappa shape index (κ2) is 5.36. The maximum atomic E-state index is 13.7. The number of halogens is 3. The standard InChI is InChI=1S/C13H12BrF2NS/c1-7-3-4-12(18-7)8(2)17-13-10(14)5-9(15)6-11(13)16/h3-6,8,17H,1-2H3. The zero-order valence-corrected chi connectivity index (χ0v) is 12.3. The summed E-state index contributed by atoms with van der Waals surface area (Å²) in [4.78, 5) is 2.32. The van der Waals surface area contributed by atoms with Gasteiger partial charge in [-0.05, 0) is 48.0 Å². The van der Waals surface area contributed by atoms with Gasteiger partial charge in [0.2, 0.25) is 0 Å². The topological polar surface area (TPSA) is 12.0 Å². The molecule has 5 heteroatoms. The molecule has 0 aliphatic carbocycles. The van der Waals surface area contributed by atoms with E-state index >= 15 is 0 Å². The zero-order chi connectivity index (χ0) is 13.3. The van der Waals surface area contributed by atoms with Gasteiger partial charge in [-0.25, -0.2) is 8.78 Å². The maximum absolute atomic E-state index is 13.7. The van der Waals surface area contributed by atoms with Gasteiger partial charge < -0.3 is 5.32 Å². The van der Waals surface area contributed by atoms with E-state index in [9.17, 15) is 8.78 Å². The molecule has 0 fully saturated rings. The van der Waals surface area contributed by atoms with Crippen LogP contribution in [0.5, 0.6) is 0 Å². The molecule has 0 aliphatic heterocycles. The predicted molar refractivity (Wildman–Crippen MR) is 75.2 cm³/mol. The summed E-state index contributed by atoms with van der Waals surface area (Å²) >= 11 is 4.82. The fraction of sp³-hybridized carbons (Fsp3) is 0.231. The van der Waals surface area contributed by atoms with Crippen molar-refractivity contribution in [3.8, 4) is 0 Å². The quantitative estimate of drug-likeness (QED) is 0.807. The molecule has 0 amide bonds. The van der Waals surface area contributed by atoms with Gasteiger partial charge in [0.1, 0.15) is 11.6 Å². The first-order valence-electron chi connectivity index (χ1n) is 5.45. The van der Waals surface area contributed by atoms with Crippen LogP contribution < -0.4 is 5.32 Å². The molecule has 0 saturated carbocycles. The Kier molecular flexibility index (Phi) is 4.02. The van der Waals surface area contributed by atoms with E-state index < -0.39 is 11.6 Å². The number of benzene rings is 1. The van der Waals surface area contributed by atoms with E-state index in [1.165, 1.54) is 10.9 Å². The molecular formula is C13H12BrF2NS. The fourth-order valence-electron chi connectivity index (χ4n) is 1.65. The average molecular weight is 332 g/mol. The lowest BCUT2D eigenvalue weighted by atomic mass is 10.2. The van der Waals surface area contributed by atoms with Crippen LogP contribution in [0.25, 0.3) is 0 Å². The summed E-state index contributed by atoms with van der Waals surface area (Å²) in [5.41, 5.74) is 0.287. The normalized spacial score (nSPS) is 12.5. The Labute approximate surface area is 117 Å². The minimum Gasteiger partial charge on any atom is -0.374 e. The number of anilines is 1. The summed E-state index contributed by atoms with van der Waals surface area (Å²) in [6.45, 7) is 3.97. The van der Waals surface area contributed by atoms with E-state index in [1.807, 2.05) is 26.0 Å². The van der Waals surface area contributed by atoms with Crippen LogP contribution in [0.4, 0.5) is 14.5 Å². The molecule has 0 bridgehead atoms. The predicted octanol–water partition coefficient (Wildman–Crippen LogP) is 5.27. The van der Waals surface area contributed by atoms with Gasteiger partial charge in [-0.2, -0.15) is 0 Å². The van der Waals surface area contributed by atoms with E-state index in [2.05, 4.69) is 21.2 Å². The summed E-state index contributed by atoms with van der Waals surface area (Å²) in [7, 11) is 0. The van der Waals surface area contributed by atoms with E-state index in [0.717, 1.165) is 10.9 Å². The highest BCUT2D eigenvalue weighted by Gasteiger charge is 2.14. The van der Waals surface area contributed by atoms with Crippen molar-refractivity contribution in [1.82, 2.24) is 0 Å². The van der Waals surface area contributed by atoms with E-state index in [0.29, 0.717) is 4.47 Å². The number of hydrogen-bond acceptors (Lipinski definition) is 2. The highest BCUT2D eigenvalue weighted by atomic mass is 79.9. The van der Waals surface area contributed by atoms with Crippen molar-refractivity contribution < 1.29 is 8.78 Å². The highest BCUT2D eigenvalue weighted by Crippen LogP contribution is 2.32. The van der Waals surface area contributed by atoms with Gasteiger partial charge in [0, 0.05) is 20.3 Å². The first kappa shape index (κ1) is 13.5. The van der Waals surface area contributed by atoms with Crippen LogP contribution in [0.2, 0.25) is 0 Å². The fourth-order valence-corrected chi connectivity index (χ4v) is 3.06. The molecular weight excluding hydrogens is 320 g/mol. The van der Waals surface area contributed by atoms with Gasteiger partial charge in [-0.1, -0.05) is 0 Å². The van der Waals surface area contributed by atoms with Gasteiger partial charge in [-0.15, -0.1) is 11.3 Å². The van der Waals surface area contributed by atoms with Crippen LogP contribution in [0.3, 0.4) is 0 Å². The van der Waals surface area contributed by atoms with E-state index in [1.54, 1.807) is 11.3 Å². The summed E-state index contributed by atoms with van der Waals surface area (Å²) < 4.78 is 27.0. The first-order chi connectivity index (χ1) is 8.47. The van der Waals surface area contributed by atoms with Crippen molar-refractivity contribution in [3.05, 3.63) is 50.1 Å². The Morgan fingerprint density at radius 2 is 2.00 bits per heavy atom. The van der Waals surface area contributed by atoms with Crippen molar-refractivity contribution in [1.29, 1.82) is 0 Å². The third kappa shape index (κ3) is 2.90. The maximum Gasteiger partial charge on any atom is 0.150 e. The minimum absolute atomic E-state index is 0.0278. The van der Waals surface area contributed by atoms with Gasteiger partial charge in [0.05, 0.1) is 11.7 Å². The third-order valence-corrected chi connectivity index (χ3v) is 4.36. The second-order valence-corrected chi connectivity index (χ2v) is 6.23. The Morgan fingerprint density at radius 1 is 1.28 bits per heavy atom. The summed E-state index contributed by atoms with van der Waals surface area (Å²) in [5, 5.41) is 3.06. The van der Waals surface area contributed by atoms with Gasteiger partial charge in [0.25, 0.3) is 0 Å². The molecule has 2 rings (SSSR count). The molecule has 1 atom stereocenters. The zero-order valence-electron chi connectivity index (χ0n) is 9.93. The SMILES string of the molecule is Cc1ccc(C(C)Nc2c(F)cc(F)cc2Br)s1. The molecule has 1 aromatic heterocycles. The molecule has 1 unspecified atom stereocenters. The van der Waals surface area contributed by atoms with Crippen LogP contribution in [-0.4, -0.2) is 0 Å². The van der Waals surface area contributed by atoms with Crippen LogP contribution in [0.15, 0.2) is 28.7 Å². The minimum atomic E-state index is -0.595. The number of rotatable bonds is 3. The molecule has 0 radical (unpaired) electrons. The van der Waals surface area contributed by atoms with Crippen molar-refractivity contribution in [2.24, 2.45) is 0 Å². The Hall–Kier alpha value is -0.940. The number of hydrogen-bond donors (Lipinski definition) is 1. The molecule has 2 aromatic rings. The van der Waals surface area contributed by atoms with Crippen LogP contribution in [0, 0.1) is 18.6 Å². The Balaban J connectivity index is 2.24. The van der Waals surface area contributed by atoms with Gasteiger partial charge in [-0.3, -0.25) is 0 Å². The van der Waals surface area contributed by atoms with Crippen LogP contribution >= 0.6 is 27.3 Å². The van der Waals surface area contributed by atoms with Crippen molar-refractivity contribution in [3.63, 3.8) is 0 Å². The van der Waals surface area contributed by atoms with E-state index in [-0.39, 0.29) is 11.7 Å². The summed E-state index contributed by atoms with van der Waals surface area (Å²) in [5.74, 6) is -1.19. The molecule has 1 N–H and O–H groups in total. The number of nitrogens with one attached hydrogen (secondary N) is 1. The lowest BCUT2D eigenvalue weighted by Crippen LogP contribution is -2.07. The second-order valence-electron chi connectivity index (χ2n) is 4.06. The van der Waals surface area contributed by atoms with Gasteiger partial charge in [0.15, 0.2) is 0 Å². The summed E-state index contributed by atoms with van der Waals surface area (Å²) in [6.07, 6.45) is 0. The molecule has 0 spiro atoms. The molecule has 0 aliphatic rings. The average Bonchev–Trinajstić information content (AvgIpc) is 2.70. The van der Waals surface area contributed by atoms with Crippen LogP contribution in [0.1, 0.15) is 22.7 Å². The Bertz CT molecular complexity index is 545. The van der Waals surface area contributed by atoms with Crippen LogP contribution in [-0.2, 0) is 0 Å². The molecule has 1 heterocycles. The molecule has 96 valence electrons. The molecule has 18 heavy (non-hydrogen) atoms.